The van der Waals surface area contributed by atoms with E-state index in [0.29, 0.717) is 22.8 Å². The van der Waals surface area contributed by atoms with Crippen molar-refractivity contribution in [1.29, 1.82) is 5.26 Å². The first-order valence-electron chi connectivity index (χ1n) is 21.5. The fourth-order valence-electron chi connectivity index (χ4n) is 9.60. The van der Waals surface area contributed by atoms with E-state index in [0.717, 1.165) is 72.1 Å². The second-order valence-corrected chi connectivity index (χ2v) is 16.0. The minimum atomic E-state index is 0.435. The Morgan fingerprint density at radius 2 is 0.781 bits per heavy atom. The van der Waals surface area contributed by atoms with Crippen LogP contribution in [0.2, 0.25) is 0 Å². The summed E-state index contributed by atoms with van der Waals surface area (Å²) in [5, 5.41) is 15.6. The molecule has 3 heterocycles. The van der Waals surface area contributed by atoms with Gasteiger partial charge in [0, 0.05) is 55.0 Å². The number of para-hydroxylation sites is 3. The van der Waals surface area contributed by atoms with Gasteiger partial charge < -0.3 is 9.13 Å². The van der Waals surface area contributed by atoms with Gasteiger partial charge in [-0.3, -0.25) is 0 Å². The minimum absolute atomic E-state index is 0.435. The molecule has 0 unspecified atom stereocenters. The van der Waals surface area contributed by atoms with Crippen LogP contribution in [0.3, 0.4) is 0 Å². The third-order valence-electron chi connectivity index (χ3n) is 12.4. The van der Waals surface area contributed by atoms with Gasteiger partial charge in [0.1, 0.15) is 11.6 Å². The van der Waals surface area contributed by atoms with E-state index in [4.69, 9.17) is 9.97 Å². The molecule has 5 heteroatoms. The summed E-state index contributed by atoms with van der Waals surface area (Å²) in [5.74, 6) is 0.533. The van der Waals surface area contributed by atoms with Gasteiger partial charge in [0.25, 0.3) is 0 Å². The fourth-order valence-corrected chi connectivity index (χ4v) is 9.60. The quantitative estimate of drug-likeness (QED) is 0.161. The van der Waals surface area contributed by atoms with Crippen LogP contribution in [-0.2, 0) is 0 Å². The predicted molar refractivity (Wildman–Crippen MR) is 263 cm³/mol. The fraction of sp³-hybridized carbons (Fsp3) is 0. The van der Waals surface area contributed by atoms with E-state index in [2.05, 4.69) is 179 Å². The molecule has 298 valence electrons. The zero-order valence-electron chi connectivity index (χ0n) is 34.6. The van der Waals surface area contributed by atoms with Crippen molar-refractivity contribution in [3.63, 3.8) is 0 Å². The van der Waals surface area contributed by atoms with Gasteiger partial charge in [0.15, 0.2) is 5.82 Å². The van der Waals surface area contributed by atoms with Crippen LogP contribution in [0.15, 0.2) is 224 Å². The Hall–Kier alpha value is -8.85. The number of nitriles is 1. The molecule has 12 rings (SSSR count). The second-order valence-electron chi connectivity index (χ2n) is 16.0. The topological polar surface area (TPSA) is 59.4 Å². The molecular formula is C59H37N5. The Labute approximate surface area is 370 Å². The molecule has 0 aliphatic carbocycles. The van der Waals surface area contributed by atoms with Crippen LogP contribution in [0.1, 0.15) is 5.56 Å². The molecule has 3 aromatic heterocycles. The maximum atomic E-state index is 10.8. The van der Waals surface area contributed by atoms with Gasteiger partial charge in [-0.1, -0.05) is 182 Å². The first-order valence-corrected chi connectivity index (χ1v) is 21.5. The highest BCUT2D eigenvalue weighted by Crippen LogP contribution is 2.46. The zero-order valence-corrected chi connectivity index (χ0v) is 34.6. The molecule has 9 aromatic carbocycles. The van der Waals surface area contributed by atoms with Crippen LogP contribution in [0.4, 0.5) is 0 Å². The normalized spacial score (nSPS) is 11.4. The summed E-state index contributed by atoms with van der Waals surface area (Å²) in [4.78, 5) is 10.7. The van der Waals surface area contributed by atoms with Crippen molar-refractivity contribution in [2.75, 3.05) is 0 Å². The van der Waals surface area contributed by atoms with Gasteiger partial charge >= 0.3 is 0 Å². The SMILES string of the molecule is N#Cc1c(-c2ccccc2)nc(-c2ccc(-c3ccccc3)c(-n3c4ccccc4c4cc(-n5c6ccccc6c6ccccc65)ccc43)c2-c2ccccc2)nc1-c1ccccc1. The average Bonchev–Trinajstić information content (AvgIpc) is 3.89. The lowest BCUT2D eigenvalue weighted by Crippen LogP contribution is -2.06. The number of hydrogen-bond donors (Lipinski definition) is 0. The van der Waals surface area contributed by atoms with E-state index >= 15 is 0 Å². The summed E-state index contributed by atoms with van der Waals surface area (Å²) in [6.07, 6.45) is 0. The molecule has 0 saturated heterocycles. The summed E-state index contributed by atoms with van der Waals surface area (Å²) in [6.45, 7) is 0. The summed E-state index contributed by atoms with van der Waals surface area (Å²) in [7, 11) is 0. The maximum Gasteiger partial charge on any atom is 0.161 e. The summed E-state index contributed by atoms with van der Waals surface area (Å²) < 4.78 is 4.83. The van der Waals surface area contributed by atoms with Gasteiger partial charge in [-0.05, 0) is 53.6 Å². The van der Waals surface area contributed by atoms with E-state index in [1.165, 1.54) is 21.8 Å². The van der Waals surface area contributed by atoms with E-state index in [1.807, 2.05) is 60.7 Å². The molecule has 0 atom stereocenters. The van der Waals surface area contributed by atoms with Crippen LogP contribution in [0, 0.1) is 11.3 Å². The average molecular weight is 816 g/mol. The van der Waals surface area contributed by atoms with E-state index < -0.39 is 0 Å². The Morgan fingerprint density at radius 1 is 0.359 bits per heavy atom. The Bertz CT molecular complexity index is 3650. The third kappa shape index (κ3) is 5.93. The molecule has 12 aromatic rings. The molecule has 0 aliphatic heterocycles. The Kier molecular flexibility index (Phi) is 8.81. The number of hydrogen-bond acceptors (Lipinski definition) is 3. The third-order valence-corrected chi connectivity index (χ3v) is 12.4. The monoisotopic (exact) mass is 815 g/mol. The smallest absolute Gasteiger partial charge is 0.161 e. The van der Waals surface area contributed by atoms with Crippen LogP contribution in [-0.4, -0.2) is 19.1 Å². The van der Waals surface area contributed by atoms with Crippen molar-refractivity contribution in [3.8, 4) is 73.6 Å². The van der Waals surface area contributed by atoms with Crippen molar-refractivity contribution in [1.82, 2.24) is 19.1 Å². The van der Waals surface area contributed by atoms with E-state index in [1.54, 1.807) is 0 Å². The highest BCUT2D eigenvalue weighted by atomic mass is 15.0. The Balaban J connectivity index is 1.20. The maximum absolute atomic E-state index is 10.8. The lowest BCUT2D eigenvalue weighted by atomic mass is 9.90. The van der Waals surface area contributed by atoms with Crippen molar-refractivity contribution in [3.05, 3.63) is 230 Å². The van der Waals surface area contributed by atoms with Crippen molar-refractivity contribution >= 4 is 43.6 Å². The second kappa shape index (κ2) is 15.3. The molecular weight excluding hydrogens is 779 g/mol. The molecule has 0 N–H and O–H groups in total. The van der Waals surface area contributed by atoms with Crippen LogP contribution < -0.4 is 0 Å². The lowest BCUT2D eigenvalue weighted by Gasteiger charge is -2.22. The molecule has 5 nitrogen and oxygen atoms in total. The molecule has 0 aliphatic rings. The summed E-state index contributed by atoms with van der Waals surface area (Å²) >= 11 is 0. The van der Waals surface area contributed by atoms with Crippen LogP contribution in [0.25, 0.3) is 111 Å². The molecule has 64 heavy (non-hydrogen) atoms. The predicted octanol–water partition coefficient (Wildman–Crippen LogP) is 14.9. The van der Waals surface area contributed by atoms with E-state index in [-0.39, 0.29) is 0 Å². The van der Waals surface area contributed by atoms with Crippen LogP contribution in [0.5, 0.6) is 0 Å². The molecule has 0 fully saturated rings. The number of fused-ring (bicyclic) bond motifs is 6. The molecule has 0 bridgehead atoms. The number of benzene rings is 9. The van der Waals surface area contributed by atoms with Crippen molar-refractivity contribution in [2.45, 2.75) is 0 Å². The number of aromatic nitrogens is 4. The zero-order chi connectivity index (χ0) is 42.6. The molecule has 0 saturated carbocycles. The number of rotatable bonds is 7. The van der Waals surface area contributed by atoms with Gasteiger partial charge in [-0.15, -0.1) is 0 Å². The minimum Gasteiger partial charge on any atom is -0.309 e. The highest BCUT2D eigenvalue weighted by Gasteiger charge is 2.26. The van der Waals surface area contributed by atoms with Gasteiger partial charge in [-0.25, -0.2) is 9.97 Å². The largest absolute Gasteiger partial charge is 0.309 e. The van der Waals surface area contributed by atoms with Crippen LogP contribution >= 0.6 is 0 Å². The van der Waals surface area contributed by atoms with E-state index in [9.17, 15) is 5.26 Å². The van der Waals surface area contributed by atoms with Gasteiger partial charge in [0.05, 0.1) is 39.1 Å². The number of nitrogens with zero attached hydrogens (tertiary/aromatic N) is 5. The lowest BCUT2D eigenvalue weighted by molar-refractivity contribution is 1.15. The summed E-state index contributed by atoms with van der Waals surface area (Å²) in [6, 6.07) is 80.9. The molecule has 0 spiro atoms. The van der Waals surface area contributed by atoms with Gasteiger partial charge in [0.2, 0.25) is 0 Å². The first kappa shape index (κ1) is 37.0. The van der Waals surface area contributed by atoms with Crippen molar-refractivity contribution in [2.24, 2.45) is 0 Å². The van der Waals surface area contributed by atoms with Gasteiger partial charge in [-0.2, -0.15) is 5.26 Å². The summed E-state index contributed by atoms with van der Waals surface area (Å²) in [5.41, 5.74) is 14.9. The van der Waals surface area contributed by atoms with Crippen molar-refractivity contribution < 1.29 is 0 Å². The molecule has 0 radical (unpaired) electrons. The standard InChI is InChI=1S/C59H37N5/c60-38-50-56(41-23-9-3-10-24-41)61-59(62-57(50)42-25-11-4-12-26-42)48-35-34-44(39-19-5-1-6-20-39)58(55(48)40-21-7-2-8-22-40)64-53-32-18-15-29-47(53)49-37-43(33-36-54(49)64)63-51-30-16-13-27-45(51)46-28-14-17-31-52(46)63/h1-37H. The Morgan fingerprint density at radius 3 is 1.31 bits per heavy atom. The first-order chi connectivity index (χ1) is 31.7. The molecule has 0 amide bonds. The highest BCUT2D eigenvalue weighted by molar-refractivity contribution is 6.13.